The lowest BCUT2D eigenvalue weighted by molar-refractivity contribution is 0.126. The van der Waals surface area contributed by atoms with Crippen LogP contribution in [0.15, 0.2) is 22.7 Å². The van der Waals surface area contributed by atoms with Gasteiger partial charge in [0.2, 0.25) is 0 Å². The highest BCUT2D eigenvalue weighted by molar-refractivity contribution is 9.10. The van der Waals surface area contributed by atoms with Crippen LogP contribution in [0.3, 0.4) is 0 Å². The minimum atomic E-state index is 0.825. The normalized spacial score (nSPS) is 15.2. The number of rotatable bonds is 7. The number of aryl methyl sites for hydroxylation is 1. The van der Waals surface area contributed by atoms with Crippen LogP contribution in [0.2, 0.25) is 0 Å². The van der Waals surface area contributed by atoms with Gasteiger partial charge in [-0.1, -0.05) is 28.1 Å². The van der Waals surface area contributed by atoms with E-state index in [1.54, 1.807) is 0 Å². The van der Waals surface area contributed by atoms with Crippen molar-refractivity contribution in [2.45, 2.75) is 26.3 Å². The van der Waals surface area contributed by atoms with Gasteiger partial charge in [-0.05, 0) is 42.9 Å². The Morgan fingerprint density at radius 1 is 1.41 bits per heavy atom. The van der Waals surface area contributed by atoms with E-state index in [0.717, 1.165) is 32.2 Å². The highest BCUT2D eigenvalue weighted by Gasteiger charge is 2.20. The average molecular weight is 298 g/mol. The molecule has 1 N–H and O–H groups in total. The lowest BCUT2D eigenvalue weighted by atomic mass is 10.1. The predicted octanol–water partition coefficient (Wildman–Crippen LogP) is 3.27. The van der Waals surface area contributed by atoms with Crippen LogP contribution in [-0.4, -0.2) is 19.8 Å². The molecule has 17 heavy (non-hydrogen) atoms. The molecule has 0 amide bonds. The van der Waals surface area contributed by atoms with Crippen molar-refractivity contribution in [2.24, 2.45) is 5.92 Å². The Bertz CT molecular complexity index is 363. The van der Waals surface area contributed by atoms with Gasteiger partial charge in [-0.15, -0.1) is 0 Å². The average Bonchev–Trinajstić information content (AvgIpc) is 3.12. The predicted molar refractivity (Wildman–Crippen MR) is 74.1 cm³/mol. The Hall–Kier alpha value is -0.380. The molecular weight excluding hydrogens is 278 g/mol. The molecule has 3 heteroatoms. The summed E-state index contributed by atoms with van der Waals surface area (Å²) in [5.41, 5.74) is 2.61. The molecule has 0 atom stereocenters. The third kappa shape index (κ3) is 4.78. The van der Waals surface area contributed by atoms with Crippen LogP contribution in [0, 0.1) is 12.8 Å². The molecule has 0 aliphatic heterocycles. The molecular formula is C14H20BrNO. The fraction of sp³-hybridized carbons (Fsp3) is 0.571. The summed E-state index contributed by atoms with van der Waals surface area (Å²) in [4.78, 5) is 0. The van der Waals surface area contributed by atoms with E-state index >= 15 is 0 Å². The van der Waals surface area contributed by atoms with E-state index in [1.165, 1.54) is 28.4 Å². The Morgan fingerprint density at radius 3 is 2.94 bits per heavy atom. The van der Waals surface area contributed by atoms with Crippen molar-refractivity contribution >= 4 is 15.9 Å². The minimum absolute atomic E-state index is 0.825. The minimum Gasteiger partial charge on any atom is -0.380 e. The molecule has 2 rings (SSSR count). The molecule has 0 unspecified atom stereocenters. The van der Waals surface area contributed by atoms with Gasteiger partial charge in [-0.25, -0.2) is 0 Å². The van der Waals surface area contributed by atoms with Crippen molar-refractivity contribution in [3.8, 4) is 0 Å². The first kappa shape index (κ1) is 13.1. The van der Waals surface area contributed by atoms with Gasteiger partial charge in [0.1, 0.15) is 0 Å². The number of benzene rings is 1. The van der Waals surface area contributed by atoms with Crippen molar-refractivity contribution < 1.29 is 4.74 Å². The van der Waals surface area contributed by atoms with E-state index in [-0.39, 0.29) is 0 Å². The zero-order valence-electron chi connectivity index (χ0n) is 10.3. The van der Waals surface area contributed by atoms with Crippen LogP contribution < -0.4 is 5.32 Å². The Kier molecular flexibility index (Phi) is 5.01. The van der Waals surface area contributed by atoms with Crippen molar-refractivity contribution in [3.05, 3.63) is 33.8 Å². The van der Waals surface area contributed by atoms with Crippen molar-refractivity contribution in [1.82, 2.24) is 5.32 Å². The Labute approximate surface area is 112 Å². The first-order valence-corrected chi connectivity index (χ1v) is 7.08. The van der Waals surface area contributed by atoms with Crippen LogP contribution in [-0.2, 0) is 11.3 Å². The fourth-order valence-electron chi connectivity index (χ4n) is 1.73. The number of nitrogens with one attached hydrogen (secondary N) is 1. The highest BCUT2D eigenvalue weighted by Crippen LogP contribution is 2.28. The van der Waals surface area contributed by atoms with Gasteiger partial charge in [0.15, 0.2) is 0 Å². The SMILES string of the molecule is Cc1cc(CNCCOCC2CC2)ccc1Br. The lowest BCUT2D eigenvalue weighted by Crippen LogP contribution is -2.19. The molecule has 1 aromatic carbocycles. The third-order valence-electron chi connectivity index (χ3n) is 3.03. The quantitative estimate of drug-likeness (QED) is 0.780. The molecule has 1 aliphatic carbocycles. The van der Waals surface area contributed by atoms with Crippen molar-refractivity contribution in [3.63, 3.8) is 0 Å². The molecule has 0 aromatic heterocycles. The van der Waals surface area contributed by atoms with E-state index in [0.29, 0.717) is 0 Å². The maximum Gasteiger partial charge on any atom is 0.0591 e. The van der Waals surface area contributed by atoms with Crippen molar-refractivity contribution in [1.29, 1.82) is 0 Å². The van der Waals surface area contributed by atoms with E-state index in [1.807, 2.05) is 0 Å². The Balaban J connectivity index is 1.58. The topological polar surface area (TPSA) is 21.3 Å². The van der Waals surface area contributed by atoms with Crippen LogP contribution in [0.4, 0.5) is 0 Å². The second kappa shape index (κ2) is 6.53. The van der Waals surface area contributed by atoms with Gasteiger partial charge in [-0.3, -0.25) is 0 Å². The molecule has 0 spiro atoms. The maximum atomic E-state index is 5.57. The summed E-state index contributed by atoms with van der Waals surface area (Å²) in [5.74, 6) is 0.865. The van der Waals surface area contributed by atoms with Gasteiger partial charge >= 0.3 is 0 Å². The van der Waals surface area contributed by atoms with Crippen LogP contribution >= 0.6 is 15.9 Å². The molecule has 1 aromatic rings. The summed E-state index contributed by atoms with van der Waals surface area (Å²) in [6, 6.07) is 6.47. The monoisotopic (exact) mass is 297 g/mol. The summed E-state index contributed by atoms with van der Waals surface area (Å²) in [7, 11) is 0. The Morgan fingerprint density at radius 2 is 2.24 bits per heavy atom. The second-order valence-electron chi connectivity index (χ2n) is 4.78. The number of halogens is 1. The molecule has 0 bridgehead atoms. The fourth-order valence-corrected chi connectivity index (χ4v) is 1.97. The smallest absolute Gasteiger partial charge is 0.0591 e. The summed E-state index contributed by atoms with van der Waals surface area (Å²) in [5, 5.41) is 3.40. The van der Waals surface area contributed by atoms with Crippen LogP contribution in [0.1, 0.15) is 24.0 Å². The van der Waals surface area contributed by atoms with E-state index in [2.05, 4.69) is 46.4 Å². The van der Waals surface area contributed by atoms with Crippen LogP contribution in [0.25, 0.3) is 0 Å². The molecule has 0 saturated heterocycles. The number of ether oxygens (including phenoxy) is 1. The second-order valence-corrected chi connectivity index (χ2v) is 5.63. The largest absolute Gasteiger partial charge is 0.380 e. The summed E-state index contributed by atoms with van der Waals surface area (Å²) < 4.78 is 6.74. The van der Waals surface area contributed by atoms with Gasteiger partial charge in [0.05, 0.1) is 6.61 Å². The zero-order chi connectivity index (χ0) is 12.1. The number of hydrogen-bond donors (Lipinski definition) is 1. The third-order valence-corrected chi connectivity index (χ3v) is 3.91. The maximum absolute atomic E-state index is 5.57. The molecule has 2 nitrogen and oxygen atoms in total. The summed E-state index contributed by atoms with van der Waals surface area (Å²) in [6.45, 7) is 5.75. The first-order valence-electron chi connectivity index (χ1n) is 6.29. The van der Waals surface area contributed by atoms with Crippen molar-refractivity contribution in [2.75, 3.05) is 19.8 Å². The number of hydrogen-bond acceptors (Lipinski definition) is 2. The van der Waals surface area contributed by atoms with Gasteiger partial charge in [-0.2, -0.15) is 0 Å². The zero-order valence-corrected chi connectivity index (χ0v) is 11.9. The van der Waals surface area contributed by atoms with Crippen LogP contribution in [0.5, 0.6) is 0 Å². The van der Waals surface area contributed by atoms with E-state index < -0.39 is 0 Å². The summed E-state index contributed by atoms with van der Waals surface area (Å²) in [6.07, 6.45) is 2.73. The molecule has 94 valence electrons. The molecule has 1 fully saturated rings. The van der Waals surface area contributed by atoms with Gasteiger partial charge in [0.25, 0.3) is 0 Å². The molecule has 1 aliphatic rings. The summed E-state index contributed by atoms with van der Waals surface area (Å²) >= 11 is 3.51. The molecule has 0 heterocycles. The van der Waals surface area contributed by atoms with Gasteiger partial charge < -0.3 is 10.1 Å². The highest BCUT2D eigenvalue weighted by atomic mass is 79.9. The lowest BCUT2D eigenvalue weighted by Gasteiger charge is -2.07. The molecule has 1 saturated carbocycles. The van der Waals surface area contributed by atoms with E-state index in [4.69, 9.17) is 4.74 Å². The molecule has 0 radical (unpaired) electrons. The van der Waals surface area contributed by atoms with E-state index in [9.17, 15) is 0 Å². The van der Waals surface area contributed by atoms with Gasteiger partial charge in [0, 0.05) is 24.2 Å². The first-order chi connectivity index (χ1) is 8.25. The standard InChI is InChI=1S/C14H20BrNO/c1-11-8-13(4-5-14(11)15)9-16-6-7-17-10-12-2-3-12/h4-5,8,12,16H,2-3,6-7,9-10H2,1H3.